The van der Waals surface area contributed by atoms with Gasteiger partial charge < -0.3 is 10.2 Å². The monoisotopic (exact) mass is 334 g/mol. The fraction of sp³-hybridized carbons (Fsp3) is 0.200. The van der Waals surface area contributed by atoms with Crippen LogP contribution in [0, 0.1) is 12.7 Å². The van der Waals surface area contributed by atoms with E-state index in [9.17, 15) is 27.8 Å². The number of phenolic OH excluding ortho intramolecular Hbond substituents is 1. The van der Waals surface area contributed by atoms with E-state index in [1.54, 1.807) is 0 Å². The van der Waals surface area contributed by atoms with Gasteiger partial charge in [0.25, 0.3) is 0 Å². The number of aromatic hydroxyl groups is 1. The van der Waals surface area contributed by atoms with Crippen LogP contribution in [0.3, 0.4) is 0 Å². The number of rotatable bonds is 2. The van der Waals surface area contributed by atoms with Gasteiger partial charge in [-0.05, 0) is 36.2 Å². The van der Waals surface area contributed by atoms with E-state index >= 15 is 0 Å². The highest BCUT2D eigenvalue weighted by Gasteiger charge is 2.34. The summed E-state index contributed by atoms with van der Waals surface area (Å²) in [5.41, 5.74) is -1.57. The van der Waals surface area contributed by atoms with E-state index in [1.165, 1.54) is 13.0 Å². The van der Waals surface area contributed by atoms with E-state index in [2.05, 4.69) is 0 Å². The lowest BCUT2D eigenvalue weighted by atomic mass is 9.95. The Morgan fingerprint density at radius 3 is 2.36 bits per heavy atom. The molecule has 0 radical (unpaired) electrons. The maximum Gasteiger partial charge on any atom is 0.417 e. The number of halogens is 5. The van der Waals surface area contributed by atoms with E-state index in [0.717, 1.165) is 12.1 Å². The molecule has 0 atom stereocenters. The number of hydrogen-bond acceptors (Lipinski definition) is 2. The molecule has 0 saturated carbocycles. The van der Waals surface area contributed by atoms with Gasteiger partial charge >= 0.3 is 6.18 Å². The molecule has 0 saturated heterocycles. The van der Waals surface area contributed by atoms with Gasteiger partial charge in [-0.2, -0.15) is 13.2 Å². The molecule has 0 unspecified atom stereocenters. The van der Waals surface area contributed by atoms with Gasteiger partial charge in [-0.15, -0.1) is 0 Å². The SMILES string of the molecule is Cc1cc(O)c(-c2ccc(Cl)c(C(F)(F)F)c2)c(CO)c1F. The average molecular weight is 335 g/mol. The van der Waals surface area contributed by atoms with E-state index < -0.39 is 34.9 Å². The molecule has 2 aromatic rings. The fourth-order valence-corrected chi connectivity index (χ4v) is 2.44. The average Bonchev–Trinajstić information content (AvgIpc) is 2.42. The van der Waals surface area contributed by atoms with Gasteiger partial charge in [0.15, 0.2) is 0 Å². The lowest BCUT2D eigenvalue weighted by Crippen LogP contribution is -2.06. The Hall–Kier alpha value is -1.79. The van der Waals surface area contributed by atoms with Crippen LogP contribution in [-0.4, -0.2) is 10.2 Å². The maximum absolute atomic E-state index is 14.0. The number of benzene rings is 2. The van der Waals surface area contributed by atoms with Crippen LogP contribution in [0.4, 0.5) is 17.6 Å². The zero-order valence-electron chi connectivity index (χ0n) is 11.3. The van der Waals surface area contributed by atoms with Crippen LogP contribution in [0.1, 0.15) is 16.7 Å². The number of phenols is 1. The van der Waals surface area contributed by atoms with Crippen molar-refractivity contribution in [2.75, 3.05) is 0 Å². The smallest absolute Gasteiger partial charge is 0.417 e. The zero-order valence-corrected chi connectivity index (χ0v) is 12.1. The lowest BCUT2D eigenvalue weighted by Gasteiger charge is -2.16. The predicted molar refractivity (Wildman–Crippen MR) is 74.2 cm³/mol. The standard InChI is InChI=1S/C15H11ClF4O2/c1-7-4-12(22)13(9(6-21)14(7)17)8-2-3-11(16)10(5-8)15(18,19)20/h2-5,21-22H,6H2,1H3. The second-order valence-electron chi connectivity index (χ2n) is 4.73. The molecule has 7 heteroatoms. The Labute approximate surface area is 128 Å². The van der Waals surface area contributed by atoms with Gasteiger partial charge in [0.05, 0.1) is 17.2 Å². The second kappa shape index (κ2) is 5.78. The molecule has 0 aliphatic rings. The summed E-state index contributed by atoms with van der Waals surface area (Å²) in [6, 6.07) is 4.04. The molecule has 0 aromatic heterocycles. The van der Waals surface area contributed by atoms with Crippen LogP contribution < -0.4 is 0 Å². The van der Waals surface area contributed by atoms with E-state index in [4.69, 9.17) is 11.6 Å². The molecule has 2 nitrogen and oxygen atoms in total. The first-order valence-corrected chi connectivity index (χ1v) is 6.53. The van der Waals surface area contributed by atoms with Crippen molar-refractivity contribution in [3.05, 3.63) is 51.8 Å². The van der Waals surface area contributed by atoms with Crippen LogP contribution in [-0.2, 0) is 12.8 Å². The van der Waals surface area contributed by atoms with Crippen LogP contribution in [0.25, 0.3) is 11.1 Å². The van der Waals surface area contributed by atoms with Gasteiger partial charge in [0, 0.05) is 11.1 Å². The Morgan fingerprint density at radius 1 is 1.18 bits per heavy atom. The van der Waals surface area contributed by atoms with Crippen LogP contribution >= 0.6 is 11.6 Å². The first-order valence-electron chi connectivity index (χ1n) is 6.15. The van der Waals surface area contributed by atoms with Gasteiger partial charge in [0.2, 0.25) is 0 Å². The fourth-order valence-electron chi connectivity index (χ4n) is 2.21. The minimum atomic E-state index is -4.69. The zero-order chi connectivity index (χ0) is 16.7. The molecule has 0 heterocycles. The molecule has 0 spiro atoms. The van der Waals surface area contributed by atoms with Crippen molar-refractivity contribution in [3.63, 3.8) is 0 Å². The highest BCUT2D eigenvalue weighted by atomic mass is 35.5. The number of hydrogen-bond donors (Lipinski definition) is 2. The van der Waals surface area contributed by atoms with Crippen molar-refractivity contribution in [2.24, 2.45) is 0 Å². The third-order valence-electron chi connectivity index (χ3n) is 3.24. The molecular formula is C15H11ClF4O2. The predicted octanol–water partition coefficient (Wildman–Crippen LogP) is 4.67. The van der Waals surface area contributed by atoms with Crippen molar-refractivity contribution in [2.45, 2.75) is 19.7 Å². The quantitative estimate of drug-likeness (QED) is 0.783. The summed E-state index contributed by atoms with van der Waals surface area (Å²) in [7, 11) is 0. The van der Waals surface area contributed by atoms with Gasteiger partial charge in [-0.3, -0.25) is 0 Å². The number of alkyl halides is 3. The second-order valence-corrected chi connectivity index (χ2v) is 5.14. The van der Waals surface area contributed by atoms with E-state index in [0.29, 0.717) is 6.07 Å². The molecule has 2 N–H and O–H groups in total. The largest absolute Gasteiger partial charge is 0.507 e. The molecule has 0 amide bonds. The highest BCUT2D eigenvalue weighted by Crippen LogP contribution is 2.41. The Bertz CT molecular complexity index is 726. The summed E-state index contributed by atoms with van der Waals surface area (Å²) in [4.78, 5) is 0. The summed E-state index contributed by atoms with van der Waals surface area (Å²) in [6.07, 6.45) is -4.69. The number of aliphatic hydroxyl groups is 1. The molecule has 0 aliphatic heterocycles. The molecule has 0 fully saturated rings. The maximum atomic E-state index is 14.0. The Morgan fingerprint density at radius 2 is 1.82 bits per heavy atom. The minimum absolute atomic E-state index is 0.0790. The summed E-state index contributed by atoms with van der Waals surface area (Å²) >= 11 is 5.53. The minimum Gasteiger partial charge on any atom is -0.507 e. The lowest BCUT2D eigenvalue weighted by molar-refractivity contribution is -0.137. The summed E-state index contributed by atoms with van der Waals surface area (Å²) in [6.45, 7) is 0.612. The van der Waals surface area contributed by atoms with Gasteiger partial charge in [-0.25, -0.2) is 4.39 Å². The third kappa shape index (κ3) is 2.89. The molecular weight excluding hydrogens is 324 g/mol. The van der Waals surface area contributed by atoms with Crippen molar-refractivity contribution in [3.8, 4) is 16.9 Å². The van der Waals surface area contributed by atoms with Crippen LogP contribution in [0.2, 0.25) is 5.02 Å². The highest BCUT2D eigenvalue weighted by molar-refractivity contribution is 6.31. The van der Waals surface area contributed by atoms with E-state index in [-0.39, 0.29) is 22.3 Å². The van der Waals surface area contributed by atoms with Crippen molar-refractivity contribution < 1.29 is 27.8 Å². The summed E-state index contributed by atoms with van der Waals surface area (Å²) in [5.74, 6) is -1.20. The van der Waals surface area contributed by atoms with Crippen molar-refractivity contribution in [1.29, 1.82) is 0 Å². The normalized spacial score (nSPS) is 11.8. The molecule has 2 aromatic carbocycles. The first kappa shape index (κ1) is 16.6. The molecule has 2 rings (SSSR count). The van der Waals surface area contributed by atoms with Crippen LogP contribution in [0.5, 0.6) is 5.75 Å². The Balaban J connectivity index is 2.75. The van der Waals surface area contributed by atoms with Gasteiger partial charge in [0.1, 0.15) is 11.6 Å². The summed E-state index contributed by atoms with van der Waals surface area (Å²) < 4.78 is 52.7. The Kier molecular flexibility index (Phi) is 4.35. The van der Waals surface area contributed by atoms with E-state index in [1.807, 2.05) is 0 Å². The van der Waals surface area contributed by atoms with Gasteiger partial charge in [-0.1, -0.05) is 17.7 Å². The molecule has 118 valence electrons. The van der Waals surface area contributed by atoms with Crippen LogP contribution in [0.15, 0.2) is 24.3 Å². The molecule has 22 heavy (non-hydrogen) atoms. The topological polar surface area (TPSA) is 40.5 Å². The van der Waals surface area contributed by atoms with Crippen molar-refractivity contribution in [1.82, 2.24) is 0 Å². The third-order valence-corrected chi connectivity index (χ3v) is 3.57. The number of aliphatic hydroxyl groups excluding tert-OH is 1. The summed E-state index contributed by atoms with van der Waals surface area (Å²) in [5, 5.41) is 18.7. The van der Waals surface area contributed by atoms with Crippen molar-refractivity contribution >= 4 is 11.6 Å². The molecule has 0 aliphatic carbocycles. The molecule has 0 bridgehead atoms. The first-order chi connectivity index (χ1) is 10.2. The number of aryl methyl sites for hydroxylation is 1.